The van der Waals surface area contributed by atoms with Crippen molar-refractivity contribution in [3.05, 3.63) is 267 Å². The molecule has 350 valence electrons. The minimum absolute atomic E-state index is 0.784. The highest BCUT2D eigenvalue weighted by Crippen LogP contribution is 2.41. The summed E-state index contributed by atoms with van der Waals surface area (Å²) in [5, 5.41) is 8.41. The molecule has 0 fully saturated rings. The number of para-hydroxylation sites is 6. The highest BCUT2D eigenvalue weighted by molar-refractivity contribution is 6.10. The zero-order valence-electron chi connectivity index (χ0n) is 40.2. The Kier molecular flexibility index (Phi) is 10.4. The van der Waals surface area contributed by atoms with Crippen molar-refractivity contribution in [2.24, 2.45) is 0 Å². The maximum absolute atomic E-state index is 5.31. The molecule has 1 aliphatic rings. The van der Waals surface area contributed by atoms with Gasteiger partial charge >= 0.3 is 0 Å². The van der Waals surface area contributed by atoms with E-state index in [0.29, 0.717) is 0 Å². The van der Waals surface area contributed by atoms with Crippen LogP contribution in [0.25, 0.3) is 88.5 Å². The van der Waals surface area contributed by atoms with Gasteiger partial charge in [-0.1, -0.05) is 115 Å². The first kappa shape index (κ1) is 42.8. The second-order valence-electron chi connectivity index (χ2n) is 18.5. The molecule has 14 rings (SSSR count). The van der Waals surface area contributed by atoms with Gasteiger partial charge in [0.25, 0.3) is 0 Å². The number of pyridine rings is 1. The third-order valence-electron chi connectivity index (χ3n) is 14.2. The Balaban J connectivity index is 0.810. The van der Waals surface area contributed by atoms with Gasteiger partial charge in [0.1, 0.15) is 0 Å². The van der Waals surface area contributed by atoms with Crippen LogP contribution in [0.3, 0.4) is 0 Å². The van der Waals surface area contributed by atoms with Crippen molar-refractivity contribution in [3.8, 4) is 33.9 Å². The molecule has 0 bridgehead atoms. The standard InChI is InChI=1S/C66H46N8/c1-7-21-61-55(15-1)56-16-2-8-22-62(56)73(61)51-37-33-49(34-38-51)71(53-13-11-41-67-43-53)47-29-25-45(26-30-47)65-66(70-60-20-6-5-19-59(60)69-65)46-27-31-48(32-28-46)72(54-14-12-42-68-44-54)50-35-39-52(40-36-50)74-63-23-9-3-17-57(63)58-18-4-10-24-64(58)74/h1-41,43-44,68H,42H2. The zero-order valence-corrected chi connectivity index (χ0v) is 40.2. The lowest BCUT2D eigenvalue weighted by atomic mass is 10.0. The molecule has 0 radical (unpaired) electrons. The van der Waals surface area contributed by atoms with Crippen molar-refractivity contribution in [2.75, 3.05) is 16.3 Å². The maximum atomic E-state index is 5.31. The molecule has 0 saturated carbocycles. The number of nitrogens with one attached hydrogen (secondary N) is 1. The van der Waals surface area contributed by atoms with Gasteiger partial charge < -0.3 is 24.3 Å². The first-order valence-corrected chi connectivity index (χ1v) is 25.0. The average Bonchev–Trinajstić information content (AvgIpc) is 4.01. The fraction of sp³-hybridized carbons (Fsp3) is 0.0152. The Morgan fingerprint density at radius 1 is 0.378 bits per heavy atom. The van der Waals surface area contributed by atoms with E-state index in [1.54, 1.807) is 0 Å². The molecular weight excluding hydrogens is 905 g/mol. The van der Waals surface area contributed by atoms with Crippen LogP contribution in [-0.4, -0.2) is 30.6 Å². The van der Waals surface area contributed by atoms with Crippen LogP contribution >= 0.6 is 0 Å². The number of aromatic nitrogens is 5. The van der Waals surface area contributed by atoms with Crippen LogP contribution < -0.4 is 15.1 Å². The van der Waals surface area contributed by atoms with Crippen molar-refractivity contribution in [3.63, 3.8) is 0 Å². The number of hydrogen-bond donors (Lipinski definition) is 1. The van der Waals surface area contributed by atoms with Crippen molar-refractivity contribution >= 4 is 83.1 Å². The molecule has 74 heavy (non-hydrogen) atoms. The van der Waals surface area contributed by atoms with E-state index in [2.05, 4.69) is 248 Å². The SMILES string of the molecule is C1=CC(N(c2ccc(-c3nc4ccccc4nc3-c3ccc(N(c4ccc(-n5c6ccccc6c6ccccc65)cc4)c4cccnc4)cc3)cc2)c2ccc(-n3c4ccccc4c4ccccc43)cc2)=CNC1. The van der Waals surface area contributed by atoms with Crippen LogP contribution in [-0.2, 0) is 0 Å². The van der Waals surface area contributed by atoms with Crippen LogP contribution in [0, 0.1) is 0 Å². The minimum atomic E-state index is 0.784. The quantitative estimate of drug-likeness (QED) is 0.147. The molecule has 0 spiro atoms. The lowest BCUT2D eigenvalue weighted by Gasteiger charge is -2.28. The molecule has 8 heteroatoms. The Morgan fingerprint density at radius 2 is 0.784 bits per heavy atom. The Hall–Kier alpha value is -10.1. The molecule has 9 aromatic carbocycles. The smallest absolute Gasteiger partial charge is 0.0973 e. The van der Waals surface area contributed by atoms with Gasteiger partial charge in [-0.25, -0.2) is 9.97 Å². The average molecular weight is 951 g/mol. The van der Waals surface area contributed by atoms with Gasteiger partial charge in [0.05, 0.1) is 62.1 Å². The number of rotatable bonds is 10. The summed E-state index contributed by atoms with van der Waals surface area (Å²) in [4.78, 5) is 19.7. The number of fused-ring (bicyclic) bond motifs is 7. The summed E-state index contributed by atoms with van der Waals surface area (Å²) in [6, 6.07) is 81.7. The molecule has 0 unspecified atom stereocenters. The maximum Gasteiger partial charge on any atom is 0.0973 e. The number of benzene rings is 9. The van der Waals surface area contributed by atoms with E-state index in [1.165, 1.54) is 43.6 Å². The molecule has 0 atom stereocenters. The van der Waals surface area contributed by atoms with Gasteiger partial charge in [0, 0.05) is 85.7 Å². The highest BCUT2D eigenvalue weighted by atomic mass is 15.2. The van der Waals surface area contributed by atoms with Crippen molar-refractivity contribution in [2.45, 2.75) is 0 Å². The Morgan fingerprint density at radius 3 is 1.19 bits per heavy atom. The Bertz CT molecular complexity index is 4180. The van der Waals surface area contributed by atoms with E-state index in [1.807, 2.05) is 42.7 Å². The summed E-state index contributed by atoms with van der Waals surface area (Å²) >= 11 is 0. The molecule has 0 aliphatic carbocycles. The second kappa shape index (κ2) is 18.0. The van der Waals surface area contributed by atoms with Crippen LogP contribution in [0.5, 0.6) is 0 Å². The highest BCUT2D eigenvalue weighted by Gasteiger charge is 2.21. The third-order valence-corrected chi connectivity index (χ3v) is 14.2. The summed E-state index contributed by atoms with van der Waals surface area (Å²) in [6.45, 7) is 0.784. The zero-order chi connectivity index (χ0) is 49.0. The van der Waals surface area contributed by atoms with E-state index >= 15 is 0 Å². The summed E-state index contributed by atoms with van der Waals surface area (Å²) in [5.41, 5.74) is 18.3. The van der Waals surface area contributed by atoms with Gasteiger partial charge in [-0.05, 0) is 127 Å². The number of anilines is 5. The normalized spacial score (nSPS) is 12.4. The van der Waals surface area contributed by atoms with Crippen LogP contribution in [0.2, 0.25) is 0 Å². The molecule has 13 aromatic rings. The molecule has 1 N–H and O–H groups in total. The van der Waals surface area contributed by atoms with Gasteiger partial charge in [-0.3, -0.25) is 4.98 Å². The largest absolute Gasteiger partial charge is 0.386 e. The predicted molar refractivity (Wildman–Crippen MR) is 305 cm³/mol. The fourth-order valence-electron chi connectivity index (χ4n) is 10.8. The lowest BCUT2D eigenvalue weighted by molar-refractivity contribution is 0.941. The van der Waals surface area contributed by atoms with E-state index in [-0.39, 0.29) is 0 Å². The number of allylic oxidation sites excluding steroid dienone is 1. The van der Waals surface area contributed by atoms with E-state index < -0.39 is 0 Å². The van der Waals surface area contributed by atoms with Crippen LogP contribution in [0.15, 0.2) is 267 Å². The van der Waals surface area contributed by atoms with Gasteiger partial charge in [0.2, 0.25) is 0 Å². The third kappa shape index (κ3) is 7.35. The number of hydrogen-bond acceptors (Lipinski definition) is 6. The number of dihydropyridines is 1. The first-order valence-electron chi connectivity index (χ1n) is 25.0. The first-order chi connectivity index (χ1) is 36.7. The van der Waals surface area contributed by atoms with Gasteiger partial charge in [-0.2, -0.15) is 0 Å². The van der Waals surface area contributed by atoms with Gasteiger partial charge in [-0.15, -0.1) is 0 Å². The molecule has 8 nitrogen and oxygen atoms in total. The lowest BCUT2D eigenvalue weighted by Crippen LogP contribution is -2.21. The summed E-state index contributed by atoms with van der Waals surface area (Å²) in [7, 11) is 0. The van der Waals surface area contributed by atoms with Crippen molar-refractivity contribution < 1.29 is 0 Å². The topological polar surface area (TPSA) is 67.0 Å². The monoisotopic (exact) mass is 950 g/mol. The molecule has 0 saturated heterocycles. The molecule has 4 aromatic heterocycles. The van der Waals surface area contributed by atoms with Crippen LogP contribution in [0.1, 0.15) is 0 Å². The van der Waals surface area contributed by atoms with Gasteiger partial charge in [0.15, 0.2) is 0 Å². The van der Waals surface area contributed by atoms with Crippen molar-refractivity contribution in [1.82, 2.24) is 29.4 Å². The van der Waals surface area contributed by atoms with E-state index in [0.717, 1.165) is 85.6 Å². The molecule has 1 aliphatic heterocycles. The van der Waals surface area contributed by atoms with E-state index in [9.17, 15) is 0 Å². The summed E-state index contributed by atoms with van der Waals surface area (Å²) in [5.74, 6) is 0. The predicted octanol–water partition coefficient (Wildman–Crippen LogP) is 16.2. The van der Waals surface area contributed by atoms with Crippen LogP contribution in [0.4, 0.5) is 28.4 Å². The minimum Gasteiger partial charge on any atom is -0.386 e. The van der Waals surface area contributed by atoms with E-state index in [4.69, 9.17) is 9.97 Å². The summed E-state index contributed by atoms with van der Waals surface area (Å²) in [6.07, 6.45) is 10.1. The second-order valence-corrected chi connectivity index (χ2v) is 18.5. The summed E-state index contributed by atoms with van der Waals surface area (Å²) < 4.78 is 4.70. The fourth-order valence-corrected chi connectivity index (χ4v) is 10.8. The molecular formula is C66H46N8. The Labute approximate surface area is 427 Å². The molecule has 5 heterocycles. The van der Waals surface area contributed by atoms with Crippen molar-refractivity contribution in [1.29, 1.82) is 0 Å². The molecule has 0 amide bonds. The number of nitrogens with zero attached hydrogens (tertiary/aromatic N) is 7.